The molecule has 0 aliphatic carbocycles. The Morgan fingerprint density at radius 1 is 1.07 bits per heavy atom. The normalized spacial score (nSPS) is 16.9. The number of hydrogen-bond acceptors (Lipinski definition) is 4. The smallest absolute Gasteiger partial charge is 0.410 e. The van der Waals surface area contributed by atoms with Crippen molar-refractivity contribution in [1.29, 1.82) is 0 Å². The molecule has 27 heavy (non-hydrogen) atoms. The van der Waals surface area contributed by atoms with Crippen LogP contribution in [0.3, 0.4) is 0 Å². The van der Waals surface area contributed by atoms with E-state index in [1.54, 1.807) is 4.90 Å². The standard InChI is InChI=1S/C21H26N2O4/c1-21(2,3)27-20(26)23-12-10-22(11-13-23)18(19(24)25)17-9-8-15-6-4-5-7-16(15)14-17/h4-9,14,18H,10-13H2,1-3H3,(H,24,25)/t18-/m0/s1. The fraction of sp³-hybridized carbons (Fsp3) is 0.429. The molecule has 1 heterocycles. The van der Waals surface area contributed by atoms with E-state index in [9.17, 15) is 14.7 Å². The maximum Gasteiger partial charge on any atom is 0.410 e. The summed E-state index contributed by atoms with van der Waals surface area (Å²) in [5.74, 6) is -1.09. The van der Waals surface area contributed by atoms with Crippen molar-refractivity contribution in [2.24, 2.45) is 0 Å². The Bertz CT molecular complexity index is 835. The van der Waals surface area contributed by atoms with Crippen LogP contribution in [-0.2, 0) is 9.53 Å². The molecule has 0 unspecified atom stereocenters. The molecule has 6 nitrogen and oxygen atoms in total. The Balaban J connectivity index is 1.73. The van der Waals surface area contributed by atoms with E-state index >= 15 is 0 Å². The van der Waals surface area contributed by atoms with Gasteiger partial charge in [0.05, 0.1) is 26.2 Å². The van der Waals surface area contributed by atoms with E-state index < -0.39 is 17.6 Å². The number of nitrogens with zero attached hydrogens (tertiary/aromatic N) is 1. The first kappa shape index (κ1) is 19.2. The molecule has 6 heteroatoms. The molecule has 1 saturated heterocycles. The highest BCUT2D eigenvalue weighted by Crippen LogP contribution is 2.19. The molecule has 1 aliphatic rings. The predicted molar refractivity (Wildman–Crippen MR) is 100 cm³/mol. The van der Waals surface area contributed by atoms with E-state index in [1.807, 2.05) is 63.2 Å². The largest absolute Gasteiger partial charge is 0.544 e. The van der Waals surface area contributed by atoms with Crippen LogP contribution in [0, 0.1) is 0 Å². The monoisotopic (exact) mass is 370 g/mol. The van der Waals surface area contributed by atoms with Gasteiger partial charge < -0.3 is 19.5 Å². The molecule has 1 amide bonds. The minimum Gasteiger partial charge on any atom is -0.544 e. The Labute approximate surface area is 159 Å². The molecule has 144 valence electrons. The molecular formula is C21H26N2O4. The fourth-order valence-corrected chi connectivity index (χ4v) is 3.52. The van der Waals surface area contributed by atoms with Crippen LogP contribution in [0.15, 0.2) is 42.5 Å². The van der Waals surface area contributed by atoms with E-state index in [2.05, 4.69) is 0 Å². The first-order valence-electron chi connectivity index (χ1n) is 9.27. The van der Waals surface area contributed by atoms with Crippen LogP contribution in [0.2, 0.25) is 0 Å². The predicted octanol–water partition coefficient (Wildman–Crippen LogP) is 0.766. The Morgan fingerprint density at radius 2 is 1.70 bits per heavy atom. The highest BCUT2D eigenvalue weighted by atomic mass is 16.6. The van der Waals surface area contributed by atoms with Crippen molar-refractivity contribution in [2.75, 3.05) is 26.2 Å². The summed E-state index contributed by atoms with van der Waals surface area (Å²) in [5, 5.41) is 14.0. The van der Waals surface area contributed by atoms with Gasteiger partial charge in [0, 0.05) is 5.56 Å². The number of carboxylic acid groups (broad SMARTS) is 1. The highest BCUT2D eigenvalue weighted by Gasteiger charge is 2.33. The number of aliphatic carboxylic acids is 1. The van der Waals surface area contributed by atoms with Gasteiger partial charge in [-0.2, -0.15) is 0 Å². The third-order valence-corrected chi connectivity index (χ3v) is 4.81. The van der Waals surface area contributed by atoms with Crippen molar-refractivity contribution in [3.63, 3.8) is 0 Å². The van der Waals surface area contributed by atoms with Crippen molar-refractivity contribution in [1.82, 2.24) is 4.90 Å². The van der Waals surface area contributed by atoms with E-state index in [-0.39, 0.29) is 6.09 Å². The van der Waals surface area contributed by atoms with Crippen molar-refractivity contribution >= 4 is 22.8 Å². The Morgan fingerprint density at radius 3 is 2.30 bits per heavy atom. The maximum absolute atomic E-state index is 12.2. The third-order valence-electron chi connectivity index (χ3n) is 4.81. The lowest BCUT2D eigenvalue weighted by Gasteiger charge is -2.37. The van der Waals surface area contributed by atoms with Crippen LogP contribution in [0.1, 0.15) is 32.4 Å². The SMILES string of the molecule is CC(C)(C)OC(=O)N1CC[NH+]([C@H](C(=O)[O-])c2ccc3ccccc3c2)CC1. The van der Waals surface area contributed by atoms with Gasteiger partial charge in [0.25, 0.3) is 0 Å². The molecule has 0 bridgehead atoms. The van der Waals surface area contributed by atoms with Gasteiger partial charge in [0.2, 0.25) is 0 Å². The third kappa shape index (κ3) is 4.57. The second-order valence-corrected chi connectivity index (χ2v) is 7.98. The van der Waals surface area contributed by atoms with Gasteiger partial charge in [-0.3, -0.25) is 4.90 Å². The summed E-state index contributed by atoms with van der Waals surface area (Å²) in [7, 11) is 0. The average Bonchev–Trinajstić information content (AvgIpc) is 2.60. The fourth-order valence-electron chi connectivity index (χ4n) is 3.52. The molecule has 0 spiro atoms. The van der Waals surface area contributed by atoms with Gasteiger partial charge in [-0.05, 0) is 37.6 Å². The zero-order chi connectivity index (χ0) is 19.6. The molecule has 0 aromatic heterocycles. The number of carboxylic acids is 1. The van der Waals surface area contributed by atoms with E-state index in [4.69, 9.17) is 4.74 Å². The number of carbonyl (C=O) groups excluding carboxylic acids is 2. The lowest BCUT2D eigenvalue weighted by Crippen LogP contribution is -3.16. The molecule has 1 N–H and O–H groups in total. The van der Waals surface area contributed by atoms with Crippen molar-refractivity contribution in [3.8, 4) is 0 Å². The number of rotatable bonds is 3. The molecule has 2 aromatic rings. The van der Waals surface area contributed by atoms with Crippen LogP contribution in [0.25, 0.3) is 10.8 Å². The number of carbonyl (C=O) groups is 2. The summed E-state index contributed by atoms with van der Waals surface area (Å²) in [6, 6.07) is 12.8. The number of quaternary nitrogens is 1. The molecule has 1 aliphatic heterocycles. The minimum absolute atomic E-state index is 0.350. The van der Waals surface area contributed by atoms with Gasteiger partial charge in [-0.1, -0.05) is 36.4 Å². The number of ether oxygens (including phenoxy) is 1. The van der Waals surface area contributed by atoms with Gasteiger partial charge >= 0.3 is 6.09 Å². The molecule has 2 aromatic carbocycles. The lowest BCUT2D eigenvalue weighted by atomic mass is 10.00. The number of nitrogens with one attached hydrogen (secondary N) is 1. The number of hydrogen-bond donors (Lipinski definition) is 1. The van der Waals surface area contributed by atoms with Gasteiger partial charge in [-0.25, -0.2) is 4.79 Å². The van der Waals surface area contributed by atoms with E-state index in [0.29, 0.717) is 26.2 Å². The average molecular weight is 370 g/mol. The summed E-state index contributed by atoms with van der Waals surface area (Å²) in [6.45, 7) is 7.48. The van der Waals surface area contributed by atoms with Crippen molar-refractivity contribution < 1.29 is 24.3 Å². The maximum atomic E-state index is 12.2. The second kappa shape index (κ2) is 7.56. The topological polar surface area (TPSA) is 74.1 Å². The molecule has 0 saturated carbocycles. The number of amides is 1. The quantitative estimate of drug-likeness (QED) is 0.866. The van der Waals surface area contributed by atoms with Crippen LogP contribution in [0.5, 0.6) is 0 Å². The molecule has 3 rings (SSSR count). The summed E-state index contributed by atoms with van der Waals surface area (Å²) in [6.07, 6.45) is -0.350. The summed E-state index contributed by atoms with van der Waals surface area (Å²) in [4.78, 5) is 26.6. The molecule has 1 atom stereocenters. The van der Waals surface area contributed by atoms with Gasteiger partial charge in [-0.15, -0.1) is 0 Å². The number of benzene rings is 2. The van der Waals surface area contributed by atoms with E-state index in [0.717, 1.165) is 21.2 Å². The van der Waals surface area contributed by atoms with Gasteiger partial charge in [0.15, 0.2) is 6.04 Å². The first-order chi connectivity index (χ1) is 12.7. The summed E-state index contributed by atoms with van der Waals surface area (Å²) < 4.78 is 5.40. The molecule has 0 radical (unpaired) electrons. The summed E-state index contributed by atoms with van der Waals surface area (Å²) >= 11 is 0. The van der Waals surface area contributed by atoms with Gasteiger partial charge in [0.1, 0.15) is 11.6 Å². The minimum atomic E-state index is -1.09. The zero-order valence-electron chi connectivity index (χ0n) is 16.0. The van der Waals surface area contributed by atoms with E-state index in [1.165, 1.54) is 0 Å². The first-order valence-corrected chi connectivity index (χ1v) is 9.27. The van der Waals surface area contributed by atoms with Crippen LogP contribution >= 0.6 is 0 Å². The van der Waals surface area contributed by atoms with Crippen LogP contribution in [-0.4, -0.2) is 48.7 Å². The molecule has 1 fully saturated rings. The van der Waals surface area contributed by atoms with Crippen LogP contribution < -0.4 is 10.0 Å². The Kier molecular flexibility index (Phi) is 5.37. The molecular weight excluding hydrogens is 344 g/mol. The zero-order valence-corrected chi connectivity index (χ0v) is 16.0. The Hall–Kier alpha value is -2.60. The number of piperazine rings is 1. The number of fused-ring (bicyclic) bond motifs is 1. The highest BCUT2D eigenvalue weighted by molar-refractivity contribution is 5.84. The van der Waals surface area contributed by atoms with Crippen molar-refractivity contribution in [2.45, 2.75) is 32.4 Å². The summed E-state index contributed by atoms with van der Waals surface area (Å²) in [5.41, 5.74) is 0.189. The lowest BCUT2D eigenvalue weighted by molar-refractivity contribution is -0.928. The van der Waals surface area contributed by atoms with Crippen LogP contribution in [0.4, 0.5) is 4.79 Å². The second-order valence-electron chi connectivity index (χ2n) is 7.98. The van der Waals surface area contributed by atoms with Crippen molar-refractivity contribution in [3.05, 3.63) is 48.0 Å².